The summed E-state index contributed by atoms with van der Waals surface area (Å²) in [4.78, 5) is 30.3. The predicted molar refractivity (Wildman–Crippen MR) is 356 cm³/mol. The molecule has 0 radical (unpaired) electrons. The van der Waals surface area contributed by atoms with E-state index in [-0.39, 0.29) is 66.8 Å². The number of phenols is 1. The van der Waals surface area contributed by atoms with Crippen LogP contribution in [-0.4, -0.2) is 128 Å². The molecule has 0 aromatic heterocycles. The van der Waals surface area contributed by atoms with Crippen molar-refractivity contribution in [2.75, 3.05) is 79.1 Å². The van der Waals surface area contributed by atoms with Gasteiger partial charge in [0.05, 0.1) is 44.1 Å². The van der Waals surface area contributed by atoms with Crippen LogP contribution in [0.5, 0.6) is 34.5 Å². The number of allylic oxidation sites excluding steroid dienone is 1. The lowest BCUT2D eigenvalue weighted by Gasteiger charge is -2.60. The first kappa shape index (κ1) is 64.5. The Balaban J connectivity index is 0.824. The number of methoxy groups -OCH3 is 1. The van der Waals surface area contributed by atoms with Gasteiger partial charge in [0.1, 0.15) is 23.9 Å². The second-order valence-corrected chi connectivity index (χ2v) is 28.5. The van der Waals surface area contributed by atoms with Crippen LogP contribution in [0.2, 0.25) is 0 Å². The van der Waals surface area contributed by atoms with E-state index >= 15 is 0 Å². The monoisotopic (exact) mass is 1260 g/mol. The largest absolute Gasteiger partial charge is 0.502 e. The molecule has 17 heteroatoms. The molecule has 12 unspecified atom stereocenters. The van der Waals surface area contributed by atoms with Gasteiger partial charge in [-0.2, -0.15) is 0 Å². The van der Waals surface area contributed by atoms with E-state index in [1.54, 1.807) is 24.1 Å². The molecule has 1 saturated heterocycles. The Kier molecular flexibility index (Phi) is 18.9. The third kappa shape index (κ3) is 11.3. The summed E-state index contributed by atoms with van der Waals surface area (Å²) >= 11 is 0. The van der Waals surface area contributed by atoms with Gasteiger partial charge in [-0.15, -0.1) is 0 Å². The lowest BCUT2D eigenvalue weighted by atomic mass is 9.47. The highest BCUT2D eigenvalue weighted by atomic mass is 16.5. The molecule has 5 aliphatic carbocycles. The number of hydrogen-bond donors (Lipinski definition) is 9. The Morgan fingerprint density at radius 1 is 0.837 bits per heavy atom. The normalized spacial score (nSPS) is 28.9. The van der Waals surface area contributed by atoms with Crippen LogP contribution in [-0.2, 0) is 27.8 Å². The third-order valence-electron chi connectivity index (χ3n) is 23.5. The lowest BCUT2D eigenvalue weighted by Crippen LogP contribution is -2.65. The number of phenolic OH excluding ortho intramolecular Hbond substituents is 1. The number of aromatic hydroxyl groups is 1. The number of piperidine rings is 1. The Morgan fingerprint density at radius 2 is 1.64 bits per heavy atom. The Bertz CT molecular complexity index is 3450. The summed E-state index contributed by atoms with van der Waals surface area (Å²) in [6, 6.07) is 16.1. The number of rotatable bonds is 24. The fourth-order valence-corrected chi connectivity index (χ4v) is 19.2. The maximum Gasteiger partial charge on any atom is 0.258 e. The summed E-state index contributed by atoms with van der Waals surface area (Å²) in [5, 5.41) is 67.0. The minimum Gasteiger partial charge on any atom is -0.502 e. The first-order valence-corrected chi connectivity index (χ1v) is 35.0. The average molecular weight is 1260 g/mol. The number of fused-ring (bicyclic) bond motifs is 6. The molecule has 17 nitrogen and oxygen atoms in total. The molecule has 4 aromatic rings. The highest BCUT2D eigenvalue weighted by molar-refractivity contribution is 6.17. The van der Waals surface area contributed by atoms with E-state index in [0.717, 1.165) is 141 Å². The SMILES string of the molecule is CCNCCC(C)CCC1CCCC2(Oc3cc(OCCNC)c4c5c3C(O)Nc3cc6c(c(c3-5)CC4)C(O)C(c3cc(OC)c(O)c(OCC(CO)C45CCCC(C7(N8C(=O)C=C(CNC)C8=O)CCCCC7)C4C=Cc4ccccc45)c3)CO6)NC(C)CCC12. The van der Waals surface area contributed by atoms with Crippen LogP contribution in [0.4, 0.5) is 5.69 Å². The topological polar surface area (TPSA) is 225 Å². The zero-order chi connectivity index (χ0) is 64.1. The van der Waals surface area contributed by atoms with Gasteiger partial charge < -0.3 is 65.4 Å². The van der Waals surface area contributed by atoms with E-state index < -0.39 is 40.8 Å². The van der Waals surface area contributed by atoms with E-state index in [0.29, 0.717) is 84.1 Å². The maximum atomic E-state index is 14.4. The molecule has 3 saturated carbocycles. The summed E-state index contributed by atoms with van der Waals surface area (Å²) in [7, 11) is 5.21. The van der Waals surface area contributed by atoms with Gasteiger partial charge in [-0.25, -0.2) is 0 Å². The number of carbonyl (C=O) groups is 2. The lowest BCUT2D eigenvalue weighted by molar-refractivity contribution is -0.153. The van der Waals surface area contributed by atoms with Gasteiger partial charge in [0, 0.05) is 100 Å². The highest BCUT2D eigenvalue weighted by Gasteiger charge is 2.61. The summed E-state index contributed by atoms with van der Waals surface area (Å²) in [6.07, 6.45) is 20.4. The van der Waals surface area contributed by atoms with Gasteiger partial charge in [-0.1, -0.05) is 82.4 Å². The number of nitrogens with one attached hydrogen (secondary N) is 5. The molecule has 4 aromatic carbocycles. The van der Waals surface area contributed by atoms with E-state index in [9.17, 15) is 30.0 Å². The van der Waals surface area contributed by atoms with Gasteiger partial charge in [0.25, 0.3) is 11.8 Å². The van der Waals surface area contributed by atoms with Crippen molar-refractivity contribution in [3.05, 3.63) is 105 Å². The second kappa shape index (κ2) is 26.9. The van der Waals surface area contributed by atoms with Crippen molar-refractivity contribution >= 4 is 23.6 Å². The van der Waals surface area contributed by atoms with Crippen LogP contribution in [0.15, 0.2) is 66.3 Å². The van der Waals surface area contributed by atoms with E-state index in [1.165, 1.54) is 32.4 Å². The summed E-state index contributed by atoms with van der Waals surface area (Å²) in [5.74, 6) is 1.60. The van der Waals surface area contributed by atoms with Gasteiger partial charge in [-0.3, -0.25) is 19.8 Å². The van der Waals surface area contributed by atoms with Gasteiger partial charge >= 0.3 is 0 Å². The number of imide groups is 1. The Morgan fingerprint density at radius 3 is 2.43 bits per heavy atom. The number of carbonyl (C=O) groups excluding carboxylic acids is 2. The molecular weight excluding hydrogens is 1160 g/mol. The molecule has 4 heterocycles. The Hall–Kier alpha value is -6.18. The number of amides is 2. The number of anilines is 1. The zero-order valence-corrected chi connectivity index (χ0v) is 55.1. The highest BCUT2D eigenvalue weighted by Crippen LogP contribution is 2.62. The standard InChI is InChI=1S/C75H100N6O11/c1-7-78-32-27-44(2)19-21-47-16-13-31-75(55(47)25-20-45(3)80-75)92-61-39-59(89-34-33-76-4)51-23-24-52-65-58(79-71(86)68(61)67(51)65)38-60-66(52)69(84)53(43-91-60)48-35-62(88-6)70(85)63(36-48)90-42-50(41-82)74-30-14-18-56(57(74)26-22-46-15-9-10-17-54(46)74)73(28-11-8-12-29-73)81-64(83)37-49(40-77-5)72(81)87/h9-10,15,17,22,26,35-39,44-45,47,50,53,55-57,69,71,76-80,82,84-86H,7-8,11-14,16,18-21,23-25,27-34,40-43H2,1-6H3. The first-order valence-electron chi connectivity index (χ1n) is 35.0. The molecule has 92 heavy (non-hydrogen) atoms. The molecule has 4 fully saturated rings. The van der Waals surface area contributed by atoms with Gasteiger partial charge in [0.15, 0.2) is 23.5 Å². The number of benzene rings is 4. The fraction of sp³-hybridized carbons (Fsp3) is 0.600. The maximum absolute atomic E-state index is 14.4. The van der Waals surface area contributed by atoms with Crippen LogP contribution in [0, 0.1) is 35.5 Å². The van der Waals surface area contributed by atoms with E-state index in [2.05, 4.69) is 77.7 Å². The molecule has 0 bridgehead atoms. The van der Waals surface area contributed by atoms with Crippen LogP contribution < -0.4 is 50.3 Å². The molecule has 0 spiro atoms. The molecule has 496 valence electrons. The second-order valence-electron chi connectivity index (χ2n) is 28.5. The van der Waals surface area contributed by atoms with Crippen LogP contribution >= 0.6 is 0 Å². The van der Waals surface area contributed by atoms with Crippen LogP contribution in [0.3, 0.4) is 0 Å². The number of likely N-dealkylation sites (N-methyl/N-ethyl adjacent to an activating group) is 2. The quantitative estimate of drug-likeness (QED) is 0.0235. The minimum atomic E-state index is -1.10. The number of ether oxygens (including phenoxy) is 5. The van der Waals surface area contributed by atoms with E-state index in [1.807, 2.05) is 25.2 Å². The molecule has 4 aliphatic heterocycles. The van der Waals surface area contributed by atoms with E-state index in [4.69, 9.17) is 23.7 Å². The smallest absolute Gasteiger partial charge is 0.258 e. The van der Waals surface area contributed by atoms with Crippen molar-refractivity contribution in [2.45, 2.75) is 177 Å². The third-order valence-corrected chi connectivity index (χ3v) is 23.5. The van der Waals surface area contributed by atoms with Crippen molar-refractivity contribution in [2.24, 2.45) is 35.5 Å². The molecule has 2 amide bonds. The molecule has 12 atom stereocenters. The van der Waals surface area contributed by atoms with Crippen molar-refractivity contribution in [3.8, 4) is 45.6 Å². The number of aliphatic hydroxyl groups is 3. The number of aliphatic hydroxyl groups excluding tert-OH is 3. The number of hydrogen-bond acceptors (Lipinski definition) is 16. The molecular formula is C75H100N6O11. The molecule has 9 N–H and O–H groups in total. The molecule has 9 aliphatic rings. The van der Waals surface area contributed by atoms with Gasteiger partial charge in [-0.05, 0) is 169 Å². The first-order chi connectivity index (χ1) is 44.7. The summed E-state index contributed by atoms with van der Waals surface area (Å²) < 4.78 is 33.9. The Labute approximate surface area is 543 Å². The number of nitrogens with zero attached hydrogens (tertiary/aromatic N) is 1. The van der Waals surface area contributed by atoms with Crippen molar-refractivity contribution in [1.82, 2.24) is 26.2 Å². The van der Waals surface area contributed by atoms with Crippen LogP contribution in [0.1, 0.15) is 181 Å². The van der Waals surface area contributed by atoms with Crippen molar-refractivity contribution in [1.29, 1.82) is 0 Å². The van der Waals surface area contributed by atoms with Crippen molar-refractivity contribution in [3.63, 3.8) is 0 Å². The minimum absolute atomic E-state index is 0.0221. The summed E-state index contributed by atoms with van der Waals surface area (Å²) in [5.41, 5.74) is 7.07. The summed E-state index contributed by atoms with van der Waals surface area (Å²) in [6.45, 7) is 10.1. The van der Waals surface area contributed by atoms with Gasteiger partial charge in [0.2, 0.25) is 5.75 Å². The van der Waals surface area contributed by atoms with Crippen molar-refractivity contribution < 1.29 is 53.7 Å². The zero-order valence-electron chi connectivity index (χ0n) is 55.1. The molecule has 13 rings (SSSR count). The van der Waals surface area contributed by atoms with Crippen LogP contribution in [0.25, 0.3) is 17.2 Å². The average Bonchev–Trinajstić information content (AvgIpc) is 0.854. The predicted octanol–water partition coefficient (Wildman–Crippen LogP) is 10.7. The fourth-order valence-electron chi connectivity index (χ4n) is 19.2.